The van der Waals surface area contributed by atoms with Crippen molar-refractivity contribution in [2.75, 3.05) is 20.7 Å². The molecule has 0 bridgehead atoms. The molecule has 0 saturated heterocycles. The highest BCUT2D eigenvalue weighted by Crippen LogP contribution is 2.36. The van der Waals surface area contributed by atoms with Gasteiger partial charge < -0.3 is 5.73 Å². The first-order valence-electron chi connectivity index (χ1n) is 5.18. The molecule has 4 nitrogen and oxygen atoms in total. The second-order valence-corrected chi connectivity index (χ2v) is 4.03. The van der Waals surface area contributed by atoms with Crippen LogP contribution in [0.2, 0.25) is 0 Å². The number of hydrogen-bond acceptors (Lipinski definition) is 3. The van der Waals surface area contributed by atoms with Gasteiger partial charge in [-0.05, 0) is 12.8 Å². The van der Waals surface area contributed by atoms with Crippen molar-refractivity contribution in [1.29, 1.82) is 0 Å². The first-order chi connectivity index (χ1) is 6.66. The van der Waals surface area contributed by atoms with Crippen LogP contribution in [-0.4, -0.2) is 31.7 Å². The Morgan fingerprint density at radius 2 is 2.00 bits per heavy atom. The first kappa shape index (κ1) is 11.5. The number of hydroxylamine groups is 2. The van der Waals surface area contributed by atoms with Crippen molar-refractivity contribution in [3.63, 3.8) is 0 Å². The Balaban J connectivity index is 2.72. The second kappa shape index (κ2) is 4.75. The third-order valence-electron chi connectivity index (χ3n) is 3.21. The molecule has 0 aliphatic heterocycles. The quantitative estimate of drug-likeness (QED) is 0.689. The molecule has 14 heavy (non-hydrogen) atoms. The van der Waals surface area contributed by atoms with E-state index in [1.807, 2.05) is 0 Å². The summed E-state index contributed by atoms with van der Waals surface area (Å²) in [7, 11) is 3.15. The van der Waals surface area contributed by atoms with Crippen molar-refractivity contribution >= 4 is 5.91 Å². The number of amides is 1. The zero-order chi connectivity index (χ0) is 10.6. The molecule has 0 aromatic heterocycles. The van der Waals surface area contributed by atoms with E-state index in [1.54, 1.807) is 7.05 Å². The molecule has 0 atom stereocenters. The topological polar surface area (TPSA) is 55.6 Å². The van der Waals surface area contributed by atoms with Crippen LogP contribution in [-0.2, 0) is 9.63 Å². The molecule has 2 N–H and O–H groups in total. The van der Waals surface area contributed by atoms with Gasteiger partial charge in [-0.1, -0.05) is 19.3 Å². The number of nitrogens with two attached hydrogens (primary N) is 1. The number of carbonyl (C=O) groups is 1. The van der Waals surface area contributed by atoms with Crippen LogP contribution < -0.4 is 5.73 Å². The van der Waals surface area contributed by atoms with E-state index in [9.17, 15) is 4.79 Å². The van der Waals surface area contributed by atoms with E-state index in [4.69, 9.17) is 10.6 Å². The van der Waals surface area contributed by atoms with E-state index >= 15 is 0 Å². The van der Waals surface area contributed by atoms with E-state index in [-0.39, 0.29) is 11.3 Å². The van der Waals surface area contributed by atoms with Crippen molar-refractivity contribution in [1.82, 2.24) is 5.06 Å². The molecule has 1 amide bonds. The molecule has 1 aliphatic rings. The monoisotopic (exact) mass is 200 g/mol. The van der Waals surface area contributed by atoms with Gasteiger partial charge in [-0.25, -0.2) is 5.06 Å². The summed E-state index contributed by atoms with van der Waals surface area (Å²) in [5, 5.41) is 1.30. The molecule has 0 aromatic rings. The van der Waals surface area contributed by atoms with Gasteiger partial charge >= 0.3 is 0 Å². The molecule has 4 heteroatoms. The zero-order valence-electron chi connectivity index (χ0n) is 9.08. The highest BCUT2D eigenvalue weighted by atomic mass is 16.7. The summed E-state index contributed by atoms with van der Waals surface area (Å²) in [6.45, 7) is 0.430. The molecule has 82 valence electrons. The van der Waals surface area contributed by atoms with E-state index in [2.05, 4.69) is 0 Å². The SMILES string of the molecule is CON(C)C(=O)C1(CN)CCCCC1. The van der Waals surface area contributed by atoms with Crippen LogP contribution >= 0.6 is 0 Å². The van der Waals surface area contributed by atoms with Gasteiger partial charge in [0, 0.05) is 13.6 Å². The maximum absolute atomic E-state index is 12.0. The highest BCUT2D eigenvalue weighted by Gasteiger charge is 2.40. The maximum Gasteiger partial charge on any atom is 0.253 e. The smallest absolute Gasteiger partial charge is 0.253 e. The third kappa shape index (κ3) is 2.07. The largest absolute Gasteiger partial charge is 0.329 e. The molecule has 0 unspecified atom stereocenters. The van der Waals surface area contributed by atoms with Crippen LogP contribution in [0.1, 0.15) is 32.1 Å². The Bertz CT molecular complexity index is 200. The maximum atomic E-state index is 12.0. The van der Waals surface area contributed by atoms with E-state index in [0.29, 0.717) is 6.54 Å². The van der Waals surface area contributed by atoms with Crippen molar-refractivity contribution in [3.8, 4) is 0 Å². The number of carbonyl (C=O) groups excluding carboxylic acids is 1. The van der Waals surface area contributed by atoms with Crippen LogP contribution in [0.25, 0.3) is 0 Å². The summed E-state index contributed by atoms with van der Waals surface area (Å²) in [6, 6.07) is 0. The van der Waals surface area contributed by atoms with Gasteiger partial charge in [0.05, 0.1) is 12.5 Å². The highest BCUT2D eigenvalue weighted by molar-refractivity contribution is 5.82. The van der Waals surface area contributed by atoms with Gasteiger partial charge in [0.2, 0.25) is 0 Å². The molecule has 1 aliphatic carbocycles. The lowest BCUT2D eigenvalue weighted by molar-refractivity contribution is -0.181. The molecule has 1 saturated carbocycles. The van der Waals surface area contributed by atoms with Crippen LogP contribution in [0.15, 0.2) is 0 Å². The lowest BCUT2D eigenvalue weighted by Crippen LogP contribution is -2.47. The summed E-state index contributed by atoms with van der Waals surface area (Å²) >= 11 is 0. The normalized spacial score (nSPS) is 20.5. The standard InChI is InChI=1S/C10H20N2O2/c1-12(14-2)9(13)10(8-11)6-4-3-5-7-10/h3-8,11H2,1-2H3. The van der Waals surface area contributed by atoms with Gasteiger partial charge in [0.25, 0.3) is 5.91 Å². The van der Waals surface area contributed by atoms with Crippen LogP contribution in [0.4, 0.5) is 0 Å². The summed E-state index contributed by atoms with van der Waals surface area (Å²) in [4.78, 5) is 16.9. The van der Waals surface area contributed by atoms with Crippen molar-refractivity contribution in [3.05, 3.63) is 0 Å². The minimum atomic E-state index is -0.358. The summed E-state index contributed by atoms with van der Waals surface area (Å²) in [5.41, 5.74) is 5.37. The average molecular weight is 200 g/mol. The van der Waals surface area contributed by atoms with Gasteiger partial charge in [-0.15, -0.1) is 0 Å². The lowest BCUT2D eigenvalue weighted by atomic mass is 9.73. The Hall–Kier alpha value is -0.610. The van der Waals surface area contributed by atoms with Gasteiger partial charge in [-0.2, -0.15) is 0 Å². The van der Waals surface area contributed by atoms with E-state index < -0.39 is 0 Å². The predicted octanol–water partition coefficient (Wildman–Crippen LogP) is 0.915. The fourth-order valence-electron chi connectivity index (χ4n) is 2.15. The summed E-state index contributed by atoms with van der Waals surface area (Å²) in [5.74, 6) is 0.0298. The minimum absolute atomic E-state index is 0.0298. The van der Waals surface area contributed by atoms with Crippen molar-refractivity contribution < 1.29 is 9.63 Å². The van der Waals surface area contributed by atoms with Crippen LogP contribution in [0.3, 0.4) is 0 Å². The molecule has 1 rings (SSSR count). The second-order valence-electron chi connectivity index (χ2n) is 4.03. The zero-order valence-corrected chi connectivity index (χ0v) is 9.08. The Morgan fingerprint density at radius 3 is 2.43 bits per heavy atom. The van der Waals surface area contributed by atoms with Crippen LogP contribution in [0, 0.1) is 5.41 Å². The summed E-state index contributed by atoms with van der Waals surface area (Å²) in [6.07, 6.45) is 5.21. The van der Waals surface area contributed by atoms with Gasteiger partial charge in [0.1, 0.15) is 0 Å². The fourth-order valence-corrected chi connectivity index (χ4v) is 2.15. The molecule has 0 radical (unpaired) electrons. The average Bonchev–Trinajstić information content (AvgIpc) is 2.28. The third-order valence-corrected chi connectivity index (χ3v) is 3.21. The number of nitrogens with zero attached hydrogens (tertiary/aromatic N) is 1. The number of rotatable bonds is 3. The molecule has 0 aromatic carbocycles. The van der Waals surface area contributed by atoms with Crippen molar-refractivity contribution in [2.24, 2.45) is 11.1 Å². The molecule has 0 spiro atoms. The van der Waals surface area contributed by atoms with E-state index in [1.165, 1.54) is 18.6 Å². The first-order valence-corrected chi connectivity index (χ1v) is 5.18. The summed E-state index contributed by atoms with van der Waals surface area (Å²) < 4.78 is 0. The Labute approximate surface area is 85.3 Å². The Kier molecular flexibility index (Phi) is 3.89. The molecule has 0 heterocycles. The van der Waals surface area contributed by atoms with Crippen molar-refractivity contribution in [2.45, 2.75) is 32.1 Å². The Morgan fingerprint density at radius 1 is 1.43 bits per heavy atom. The molecule has 1 fully saturated rings. The molecular formula is C10H20N2O2. The fraction of sp³-hybridized carbons (Fsp3) is 0.900. The van der Waals surface area contributed by atoms with Crippen LogP contribution in [0.5, 0.6) is 0 Å². The predicted molar refractivity (Wildman–Crippen MR) is 54.4 cm³/mol. The van der Waals surface area contributed by atoms with Gasteiger partial charge in [-0.3, -0.25) is 9.63 Å². The molecular weight excluding hydrogens is 180 g/mol. The number of hydrogen-bond donors (Lipinski definition) is 1. The minimum Gasteiger partial charge on any atom is -0.329 e. The van der Waals surface area contributed by atoms with Gasteiger partial charge in [0.15, 0.2) is 0 Å². The van der Waals surface area contributed by atoms with E-state index in [0.717, 1.165) is 25.7 Å². The lowest BCUT2D eigenvalue weighted by Gasteiger charge is -2.36.